The molecule has 0 radical (unpaired) electrons. The van der Waals surface area contributed by atoms with Crippen LogP contribution in [0.3, 0.4) is 0 Å². The van der Waals surface area contributed by atoms with E-state index in [-0.39, 0.29) is 0 Å². The average Bonchev–Trinajstić information content (AvgIpc) is 2.73. The molecule has 1 heterocycles. The zero-order valence-corrected chi connectivity index (χ0v) is 10.1. The van der Waals surface area contributed by atoms with Gasteiger partial charge in [0.15, 0.2) is 11.5 Å². The lowest BCUT2D eigenvalue weighted by molar-refractivity contribution is 0.281. The van der Waals surface area contributed by atoms with Crippen LogP contribution in [-0.4, -0.2) is 12.1 Å². The van der Waals surface area contributed by atoms with Gasteiger partial charge < -0.3 is 9.47 Å². The van der Waals surface area contributed by atoms with Gasteiger partial charge in [0.05, 0.1) is 17.8 Å². The van der Waals surface area contributed by atoms with E-state index in [4.69, 9.17) is 9.47 Å². The summed E-state index contributed by atoms with van der Waals surface area (Å²) in [5.74, 6) is 1.49. The van der Waals surface area contributed by atoms with Crippen LogP contribution in [0.15, 0.2) is 29.6 Å². The second kappa shape index (κ2) is 4.99. The van der Waals surface area contributed by atoms with Crippen LogP contribution in [0.25, 0.3) is 0 Å². The number of nitrogens with zero attached hydrogens (tertiary/aromatic N) is 1. The maximum absolute atomic E-state index is 5.65. The van der Waals surface area contributed by atoms with E-state index in [1.807, 2.05) is 36.6 Å². The molecule has 3 nitrogen and oxygen atoms in total. The standard InChI is InChI=1S/C12H13NO2S/c1-9-13-10(8-16-9)7-15-12-6-4-3-5-11(12)14-2/h3-6,8H,7H2,1-2H3. The molecule has 0 bridgehead atoms. The Hall–Kier alpha value is -1.55. The molecule has 0 aliphatic carbocycles. The molecule has 0 amide bonds. The third-order valence-electron chi connectivity index (χ3n) is 2.11. The maximum atomic E-state index is 5.65. The van der Waals surface area contributed by atoms with Crippen molar-refractivity contribution >= 4 is 11.3 Å². The quantitative estimate of drug-likeness (QED) is 0.816. The summed E-state index contributed by atoms with van der Waals surface area (Å²) in [5.41, 5.74) is 0.952. The normalized spacial score (nSPS) is 10.1. The zero-order valence-electron chi connectivity index (χ0n) is 9.27. The Kier molecular flexibility index (Phi) is 3.41. The fourth-order valence-electron chi connectivity index (χ4n) is 1.36. The van der Waals surface area contributed by atoms with Crippen LogP contribution in [0.1, 0.15) is 10.7 Å². The first-order valence-electron chi connectivity index (χ1n) is 4.96. The minimum absolute atomic E-state index is 0.477. The van der Waals surface area contributed by atoms with Gasteiger partial charge in [0, 0.05) is 5.38 Å². The molecule has 16 heavy (non-hydrogen) atoms. The second-order valence-electron chi connectivity index (χ2n) is 3.30. The molecule has 1 aromatic carbocycles. The van der Waals surface area contributed by atoms with Crippen LogP contribution in [0.2, 0.25) is 0 Å². The molecule has 0 saturated carbocycles. The molecule has 0 aliphatic heterocycles. The van der Waals surface area contributed by atoms with Gasteiger partial charge >= 0.3 is 0 Å². The molecule has 0 N–H and O–H groups in total. The number of para-hydroxylation sites is 2. The third kappa shape index (κ3) is 2.52. The van der Waals surface area contributed by atoms with Crippen LogP contribution < -0.4 is 9.47 Å². The van der Waals surface area contributed by atoms with Gasteiger partial charge in [-0.1, -0.05) is 12.1 Å². The second-order valence-corrected chi connectivity index (χ2v) is 4.36. The van der Waals surface area contributed by atoms with Gasteiger partial charge in [0.2, 0.25) is 0 Å². The number of hydrogen-bond acceptors (Lipinski definition) is 4. The van der Waals surface area contributed by atoms with E-state index in [0.29, 0.717) is 6.61 Å². The molecule has 0 spiro atoms. The van der Waals surface area contributed by atoms with Crippen molar-refractivity contribution in [3.05, 3.63) is 40.3 Å². The molecule has 2 rings (SSSR count). The zero-order chi connectivity index (χ0) is 11.4. The number of ether oxygens (including phenoxy) is 2. The van der Waals surface area contributed by atoms with Crippen LogP contribution in [0.5, 0.6) is 11.5 Å². The maximum Gasteiger partial charge on any atom is 0.161 e. The number of aryl methyl sites for hydroxylation is 1. The van der Waals surface area contributed by atoms with Crippen LogP contribution >= 0.6 is 11.3 Å². The van der Waals surface area contributed by atoms with E-state index in [2.05, 4.69) is 4.98 Å². The highest BCUT2D eigenvalue weighted by Gasteiger charge is 2.04. The minimum Gasteiger partial charge on any atom is -0.493 e. The lowest BCUT2D eigenvalue weighted by Crippen LogP contribution is -1.97. The Bertz CT molecular complexity index is 468. The number of benzene rings is 1. The summed E-state index contributed by atoms with van der Waals surface area (Å²) in [6, 6.07) is 7.60. The summed E-state index contributed by atoms with van der Waals surface area (Å²) in [4.78, 5) is 4.33. The van der Waals surface area contributed by atoms with Crippen molar-refractivity contribution in [3.63, 3.8) is 0 Å². The van der Waals surface area contributed by atoms with Crippen molar-refractivity contribution in [3.8, 4) is 11.5 Å². The lowest BCUT2D eigenvalue weighted by Gasteiger charge is -2.08. The Morgan fingerprint density at radius 2 is 2.00 bits per heavy atom. The van der Waals surface area contributed by atoms with Gasteiger partial charge in [0.25, 0.3) is 0 Å². The SMILES string of the molecule is COc1ccccc1OCc1csc(C)n1. The molecular formula is C12H13NO2S. The lowest BCUT2D eigenvalue weighted by atomic mass is 10.3. The predicted molar refractivity (Wildman–Crippen MR) is 64.2 cm³/mol. The van der Waals surface area contributed by atoms with Crippen molar-refractivity contribution < 1.29 is 9.47 Å². The topological polar surface area (TPSA) is 31.4 Å². The van der Waals surface area contributed by atoms with E-state index in [1.54, 1.807) is 18.4 Å². The summed E-state index contributed by atoms with van der Waals surface area (Å²) in [6.45, 7) is 2.46. The minimum atomic E-state index is 0.477. The number of thiazole rings is 1. The van der Waals surface area contributed by atoms with Crippen molar-refractivity contribution in [2.45, 2.75) is 13.5 Å². The van der Waals surface area contributed by atoms with E-state index in [9.17, 15) is 0 Å². The number of hydrogen-bond donors (Lipinski definition) is 0. The van der Waals surface area contributed by atoms with Crippen molar-refractivity contribution in [2.24, 2.45) is 0 Å². The van der Waals surface area contributed by atoms with Crippen molar-refractivity contribution in [1.82, 2.24) is 4.98 Å². The first-order chi connectivity index (χ1) is 7.79. The van der Waals surface area contributed by atoms with Crippen molar-refractivity contribution in [2.75, 3.05) is 7.11 Å². The molecule has 0 atom stereocenters. The Morgan fingerprint density at radius 1 is 1.25 bits per heavy atom. The summed E-state index contributed by atoms with van der Waals surface area (Å²) in [5, 5.41) is 3.06. The highest BCUT2D eigenvalue weighted by atomic mass is 32.1. The van der Waals surface area contributed by atoms with Gasteiger partial charge in [-0.3, -0.25) is 0 Å². The summed E-state index contributed by atoms with van der Waals surface area (Å²) >= 11 is 1.63. The van der Waals surface area contributed by atoms with Gasteiger partial charge in [-0.2, -0.15) is 0 Å². The molecule has 84 valence electrons. The van der Waals surface area contributed by atoms with Gasteiger partial charge in [0.1, 0.15) is 6.61 Å². The number of rotatable bonds is 4. The fraction of sp³-hybridized carbons (Fsp3) is 0.250. The highest BCUT2D eigenvalue weighted by Crippen LogP contribution is 2.26. The van der Waals surface area contributed by atoms with E-state index in [1.165, 1.54) is 0 Å². The highest BCUT2D eigenvalue weighted by molar-refractivity contribution is 7.09. The molecule has 2 aromatic rings. The molecule has 1 aromatic heterocycles. The summed E-state index contributed by atoms with van der Waals surface area (Å²) in [7, 11) is 1.63. The molecule has 0 aliphatic rings. The predicted octanol–water partition coefficient (Wildman–Crippen LogP) is 3.04. The van der Waals surface area contributed by atoms with E-state index < -0.39 is 0 Å². The summed E-state index contributed by atoms with van der Waals surface area (Å²) < 4.78 is 10.8. The Labute approximate surface area is 98.7 Å². The molecule has 4 heteroatoms. The molecule has 0 fully saturated rings. The molecule has 0 saturated heterocycles. The van der Waals surface area contributed by atoms with Crippen LogP contribution in [-0.2, 0) is 6.61 Å². The molecular weight excluding hydrogens is 222 g/mol. The van der Waals surface area contributed by atoms with Crippen LogP contribution in [0, 0.1) is 6.92 Å². The fourth-order valence-corrected chi connectivity index (χ4v) is 1.96. The Morgan fingerprint density at radius 3 is 2.62 bits per heavy atom. The largest absolute Gasteiger partial charge is 0.493 e. The van der Waals surface area contributed by atoms with Gasteiger partial charge in [-0.05, 0) is 19.1 Å². The number of aromatic nitrogens is 1. The van der Waals surface area contributed by atoms with E-state index >= 15 is 0 Å². The first kappa shape index (κ1) is 11.0. The third-order valence-corrected chi connectivity index (χ3v) is 2.93. The average molecular weight is 235 g/mol. The van der Waals surface area contributed by atoms with E-state index in [0.717, 1.165) is 22.2 Å². The summed E-state index contributed by atoms with van der Waals surface area (Å²) in [6.07, 6.45) is 0. The van der Waals surface area contributed by atoms with Crippen LogP contribution in [0.4, 0.5) is 0 Å². The van der Waals surface area contributed by atoms with Crippen molar-refractivity contribution in [1.29, 1.82) is 0 Å². The number of methoxy groups -OCH3 is 1. The Balaban J connectivity index is 2.04. The monoisotopic (exact) mass is 235 g/mol. The molecule has 0 unspecified atom stereocenters. The smallest absolute Gasteiger partial charge is 0.161 e. The van der Waals surface area contributed by atoms with Gasteiger partial charge in [-0.25, -0.2) is 4.98 Å². The van der Waals surface area contributed by atoms with Gasteiger partial charge in [-0.15, -0.1) is 11.3 Å². The first-order valence-corrected chi connectivity index (χ1v) is 5.84.